The number of nitrogens with zero attached hydrogens (tertiary/aromatic N) is 1. The van der Waals surface area contributed by atoms with Gasteiger partial charge in [-0.2, -0.15) is 0 Å². The quantitative estimate of drug-likeness (QED) is 0.836. The van der Waals surface area contributed by atoms with Crippen LogP contribution in [0, 0.1) is 5.92 Å². The second-order valence-corrected chi connectivity index (χ2v) is 8.16. The average molecular weight is 398 g/mol. The summed E-state index contributed by atoms with van der Waals surface area (Å²) in [5, 5.41) is 4.19. The lowest BCUT2D eigenvalue weighted by Crippen LogP contribution is -2.51. The first-order valence-electron chi connectivity index (χ1n) is 10.9. The molecule has 29 heavy (non-hydrogen) atoms. The zero-order valence-electron chi connectivity index (χ0n) is 17.0. The van der Waals surface area contributed by atoms with Crippen LogP contribution in [-0.4, -0.2) is 54.0 Å². The van der Waals surface area contributed by atoms with Gasteiger partial charge in [0.1, 0.15) is 0 Å². The smallest absolute Gasteiger partial charge is 0.225 e. The third-order valence-corrected chi connectivity index (χ3v) is 6.30. The first kappa shape index (κ1) is 20.0. The van der Waals surface area contributed by atoms with Crippen LogP contribution in [0.1, 0.15) is 44.1 Å². The van der Waals surface area contributed by atoms with Crippen LogP contribution >= 0.6 is 0 Å². The van der Waals surface area contributed by atoms with Crippen molar-refractivity contribution in [1.29, 1.82) is 0 Å². The molecule has 1 aromatic carbocycles. The number of para-hydroxylation sites is 1. The Balaban J connectivity index is 1.49. The van der Waals surface area contributed by atoms with Gasteiger partial charge in [0.25, 0.3) is 0 Å². The third-order valence-electron chi connectivity index (χ3n) is 6.30. The number of carbonyl (C=O) groups is 2. The first-order valence-corrected chi connectivity index (χ1v) is 10.9. The zero-order chi connectivity index (χ0) is 20.1. The summed E-state index contributed by atoms with van der Waals surface area (Å²) in [6, 6.07) is 8.20. The molecule has 2 aromatic rings. The fourth-order valence-corrected chi connectivity index (χ4v) is 4.81. The van der Waals surface area contributed by atoms with E-state index in [4.69, 9.17) is 4.74 Å². The predicted octanol–water partition coefficient (Wildman–Crippen LogP) is 3.02. The van der Waals surface area contributed by atoms with Gasteiger partial charge in [0.2, 0.25) is 11.8 Å². The number of aryl methyl sites for hydroxylation is 1. The molecule has 2 atom stereocenters. The molecule has 1 aliphatic carbocycles. The number of aromatic nitrogens is 1. The lowest BCUT2D eigenvalue weighted by molar-refractivity contribution is -0.138. The van der Waals surface area contributed by atoms with Gasteiger partial charge in [-0.25, -0.2) is 0 Å². The molecule has 0 spiro atoms. The van der Waals surface area contributed by atoms with Gasteiger partial charge in [0.05, 0.1) is 12.5 Å². The van der Waals surface area contributed by atoms with Crippen molar-refractivity contribution in [1.82, 2.24) is 15.2 Å². The maximum Gasteiger partial charge on any atom is 0.225 e. The Morgan fingerprint density at radius 3 is 2.93 bits per heavy atom. The number of aromatic amines is 1. The number of hydrogen-bond donors (Lipinski definition) is 2. The lowest BCUT2D eigenvalue weighted by Gasteiger charge is -2.39. The van der Waals surface area contributed by atoms with E-state index in [1.54, 1.807) is 0 Å². The third kappa shape index (κ3) is 4.64. The monoisotopic (exact) mass is 397 g/mol. The molecule has 2 fully saturated rings. The van der Waals surface area contributed by atoms with Crippen LogP contribution in [0.15, 0.2) is 30.5 Å². The van der Waals surface area contributed by atoms with Crippen molar-refractivity contribution in [2.75, 3.05) is 26.3 Å². The number of rotatable bonds is 3. The molecular formula is C23H31N3O3. The van der Waals surface area contributed by atoms with Gasteiger partial charge in [-0.15, -0.1) is 0 Å². The van der Waals surface area contributed by atoms with Gasteiger partial charge in [0.15, 0.2) is 0 Å². The summed E-state index contributed by atoms with van der Waals surface area (Å²) in [7, 11) is 0. The topological polar surface area (TPSA) is 74.4 Å². The minimum absolute atomic E-state index is 0.0114. The van der Waals surface area contributed by atoms with Crippen molar-refractivity contribution >= 4 is 22.7 Å². The molecule has 0 bridgehead atoms. The molecule has 156 valence electrons. The maximum atomic E-state index is 13.3. The maximum absolute atomic E-state index is 13.3. The molecule has 6 heteroatoms. The summed E-state index contributed by atoms with van der Waals surface area (Å²) in [4.78, 5) is 31.3. The van der Waals surface area contributed by atoms with Crippen molar-refractivity contribution in [3.8, 4) is 0 Å². The van der Waals surface area contributed by atoms with Gasteiger partial charge < -0.3 is 19.9 Å². The summed E-state index contributed by atoms with van der Waals surface area (Å²) in [5.74, 6) is 0.132. The summed E-state index contributed by atoms with van der Waals surface area (Å²) in [5.41, 5.74) is 2.28. The van der Waals surface area contributed by atoms with Gasteiger partial charge in [-0.1, -0.05) is 31.0 Å². The van der Waals surface area contributed by atoms with Gasteiger partial charge in [-0.05, 0) is 37.3 Å². The summed E-state index contributed by atoms with van der Waals surface area (Å²) in [6.45, 7) is 2.38. The molecule has 2 unspecified atom stereocenters. The molecule has 2 aliphatic rings. The molecule has 0 radical (unpaired) electrons. The largest absolute Gasteiger partial charge is 0.380 e. The Morgan fingerprint density at radius 1 is 1.14 bits per heavy atom. The Labute approximate surface area is 172 Å². The molecule has 1 aliphatic heterocycles. The number of nitrogens with one attached hydrogen (secondary N) is 2. The number of amides is 2. The van der Waals surface area contributed by atoms with Crippen molar-refractivity contribution in [3.63, 3.8) is 0 Å². The normalized spacial score (nSPS) is 23.9. The Kier molecular flexibility index (Phi) is 6.49. The molecular weight excluding hydrogens is 366 g/mol. The van der Waals surface area contributed by atoms with E-state index in [0.717, 1.165) is 37.6 Å². The number of carbonyl (C=O) groups excluding carboxylic acids is 2. The van der Waals surface area contributed by atoms with Gasteiger partial charge in [-0.3, -0.25) is 9.59 Å². The Bertz CT molecular complexity index is 847. The minimum atomic E-state index is -0.0983. The predicted molar refractivity (Wildman–Crippen MR) is 113 cm³/mol. The minimum Gasteiger partial charge on any atom is -0.380 e. The average Bonchev–Trinajstić information content (AvgIpc) is 3.15. The highest BCUT2D eigenvalue weighted by Crippen LogP contribution is 2.30. The van der Waals surface area contributed by atoms with Gasteiger partial charge >= 0.3 is 0 Å². The van der Waals surface area contributed by atoms with E-state index in [0.29, 0.717) is 39.1 Å². The summed E-state index contributed by atoms with van der Waals surface area (Å²) >= 11 is 0. The van der Waals surface area contributed by atoms with Crippen LogP contribution in [0.3, 0.4) is 0 Å². The highest BCUT2D eigenvalue weighted by atomic mass is 16.5. The van der Waals surface area contributed by atoms with Crippen molar-refractivity contribution < 1.29 is 14.3 Å². The summed E-state index contributed by atoms with van der Waals surface area (Å²) < 4.78 is 5.61. The number of fused-ring (bicyclic) bond motifs is 2. The standard InChI is InChI=1S/C23H31N3O3/c27-22(11-10-17-16-25-20-8-3-1-6-18(17)20)26-13-5-14-29-15-12-24-23(28)19-7-2-4-9-21(19)26/h1,3,6,8,16,19,21,25H,2,4-5,7,9-15H2,(H,24,28). The Hall–Kier alpha value is -2.34. The van der Waals surface area contributed by atoms with Crippen molar-refractivity contribution in [2.24, 2.45) is 5.92 Å². The number of ether oxygens (including phenoxy) is 1. The van der Waals surface area contributed by atoms with Gasteiger partial charge in [0, 0.05) is 49.3 Å². The fraction of sp³-hybridized carbons (Fsp3) is 0.565. The number of H-pyrrole nitrogens is 1. The molecule has 1 aromatic heterocycles. The first-order chi connectivity index (χ1) is 14.2. The Morgan fingerprint density at radius 2 is 2.00 bits per heavy atom. The zero-order valence-corrected chi connectivity index (χ0v) is 17.0. The molecule has 2 heterocycles. The van der Waals surface area contributed by atoms with E-state index in [-0.39, 0.29) is 23.8 Å². The number of benzene rings is 1. The van der Waals surface area contributed by atoms with E-state index in [1.807, 2.05) is 23.2 Å². The van der Waals surface area contributed by atoms with Crippen LogP contribution in [0.5, 0.6) is 0 Å². The molecule has 1 saturated carbocycles. The van der Waals surface area contributed by atoms with E-state index >= 15 is 0 Å². The highest BCUT2D eigenvalue weighted by Gasteiger charge is 2.36. The fourth-order valence-electron chi connectivity index (χ4n) is 4.81. The van der Waals surface area contributed by atoms with E-state index in [2.05, 4.69) is 22.4 Å². The number of hydrogen-bond acceptors (Lipinski definition) is 3. The molecule has 1 saturated heterocycles. The van der Waals surface area contributed by atoms with E-state index in [9.17, 15) is 9.59 Å². The SMILES string of the molecule is O=C1NCCOCCCN(C(=O)CCc2c[nH]c3ccccc23)C2CCCCC12. The molecule has 2 amide bonds. The van der Waals surface area contributed by atoms with Crippen molar-refractivity contribution in [3.05, 3.63) is 36.0 Å². The molecule has 6 nitrogen and oxygen atoms in total. The van der Waals surface area contributed by atoms with Crippen LogP contribution in [0.4, 0.5) is 0 Å². The lowest BCUT2D eigenvalue weighted by atomic mass is 9.82. The van der Waals surface area contributed by atoms with E-state index < -0.39 is 0 Å². The van der Waals surface area contributed by atoms with Crippen LogP contribution in [-0.2, 0) is 20.7 Å². The van der Waals surface area contributed by atoms with Crippen LogP contribution in [0.2, 0.25) is 0 Å². The highest BCUT2D eigenvalue weighted by molar-refractivity contribution is 5.85. The second kappa shape index (κ2) is 9.44. The second-order valence-electron chi connectivity index (χ2n) is 8.16. The van der Waals surface area contributed by atoms with E-state index in [1.165, 1.54) is 10.9 Å². The molecule has 4 rings (SSSR count). The van der Waals surface area contributed by atoms with Crippen molar-refractivity contribution in [2.45, 2.75) is 51.0 Å². The molecule has 2 N–H and O–H groups in total. The van der Waals surface area contributed by atoms with Crippen LogP contribution in [0.25, 0.3) is 10.9 Å². The summed E-state index contributed by atoms with van der Waals surface area (Å²) in [6.07, 6.45) is 7.92. The van der Waals surface area contributed by atoms with Crippen LogP contribution < -0.4 is 5.32 Å².